The molecule has 0 atom stereocenters. The van der Waals surface area contributed by atoms with Gasteiger partial charge in [0.15, 0.2) is 5.82 Å². The number of nitrogens with zero attached hydrogens (tertiary/aromatic N) is 3. The summed E-state index contributed by atoms with van der Waals surface area (Å²) in [7, 11) is 0. The molecule has 5 nitrogen and oxygen atoms in total. The Bertz CT molecular complexity index is 807. The fourth-order valence-electron chi connectivity index (χ4n) is 3.13. The van der Waals surface area contributed by atoms with Crippen molar-refractivity contribution in [3.63, 3.8) is 0 Å². The zero-order valence-corrected chi connectivity index (χ0v) is 13.9. The number of benzene rings is 1. The van der Waals surface area contributed by atoms with E-state index < -0.39 is 0 Å². The van der Waals surface area contributed by atoms with Gasteiger partial charge in [-0.2, -0.15) is 0 Å². The van der Waals surface area contributed by atoms with Gasteiger partial charge in [0.2, 0.25) is 0 Å². The summed E-state index contributed by atoms with van der Waals surface area (Å²) >= 11 is 6.00. The molecule has 2 N–H and O–H groups in total. The second-order valence-corrected chi connectivity index (χ2v) is 6.39. The molecule has 1 fully saturated rings. The van der Waals surface area contributed by atoms with Crippen molar-refractivity contribution in [2.45, 2.75) is 18.8 Å². The van der Waals surface area contributed by atoms with E-state index in [1.807, 2.05) is 30.3 Å². The van der Waals surface area contributed by atoms with Crippen molar-refractivity contribution >= 4 is 11.6 Å². The molecule has 3 heterocycles. The van der Waals surface area contributed by atoms with Crippen molar-refractivity contribution in [3.8, 4) is 22.9 Å². The van der Waals surface area contributed by atoms with Gasteiger partial charge in [-0.15, -0.1) is 0 Å². The zero-order chi connectivity index (χ0) is 16.4. The Morgan fingerprint density at radius 3 is 2.42 bits per heavy atom. The minimum Gasteiger partial charge on any atom is -0.341 e. The fourth-order valence-corrected chi connectivity index (χ4v) is 3.26. The maximum Gasteiger partial charge on any atom is 0.180 e. The van der Waals surface area contributed by atoms with Gasteiger partial charge in [-0.3, -0.25) is 0 Å². The predicted octanol–water partition coefficient (Wildman–Crippen LogP) is 3.65. The van der Waals surface area contributed by atoms with Crippen LogP contribution in [0.5, 0.6) is 0 Å². The molecule has 0 amide bonds. The number of aromatic nitrogens is 4. The number of hydrogen-bond donors (Lipinski definition) is 2. The van der Waals surface area contributed by atoms with Crippen molar-refractivity contribution in [2.75, 3.05) is 13.1 Å². The van der Waals surface area contributed by atoms with Gasteiger partial charge in [-0.25, -0.2) is 15.0 Å². The van der Waals surface area contributed by atoms with Crippen LogP contribution >= 0.6 is 11.6 Å². The predicted molar refractivity (Wildman–Crippen MR) is 94.9 cm³/mol. The van der Waals surface area contributed by atoms with E-state index >= 15 is 0 Å². The summed E-state index contributed by atoms with van der Waals surface area (Å²) in [5.41, 5.74) is 3.00. The third-order valence-electron chi connectivity index (χ3n) is 4.37. The van der Waals surface area contributed by atoms with Crippen LogP contribution in [0.4, 0.5) is 0 Å². The van der Waals surface area contributed by atoms with E-state index in [-0.39, 0.29) is 0 Å². The lowest BCUT2D eigenvalue weighted by molar-refractivity contribution is 0.455. The standard InChI is InChI=1S/C18H18ClN5/c19-14-4-2-13(3-5-14)17-23-15(12-6-10-20-11-7-12)16(24-17)18-21-8-1-9-22-18/h1-5,8-9,12,20H,6-7,10-11H2,(H,23,24). The zero-order valence-electron chi connectivity index (χ0n) is 13.2. The quantitative estimate of drug-likeness (QED) is 0.764. The Morgan fingerprint density at radius 2 is 1.71 bits per heavy atom. The SMILES string of the molecule is Clc1ccc(-c2nc(-c3ncccn3)c(C3CCNCC3)[nH]2)cc1. The summed E-state index contributed by atoms with van der Waals surface area (Å²) in [4.78, 5) is 17.1. The van der Waals surface area contributed by atoms with Crippen LogP contribution in [0.25, 0.3) is 22.9 Å². The van der Waals surface area contributed by atoms with E-state index in [9.17, 15) is 0 Å². The number of halogens is 1. The summed E-state index contributed by atoms with van der Waals surface area (Å²) in [6, 6.07) is 9.52. The highest BCUT2D eigenvalue weighted by molar-refractivity contribution is 6.30. The molecule has 4 rings (SSSR count). The molecule has 0 spiro atoms. The first-order valence-corrected chi connectivity index (χ1v) is 8.53. The topological polar surface area (TPSA) is 66.5 Å². The maximum atomic E-state index is 6.00. The number of H-pyrrole nitrogens is 1. The molecule has 0 aliphatic carbocycles. The lowest BCUT2D eigenvalue weighted by Crippen LogP contribution is -2.27. The minimum absolute atomic E-state index is 0.443. The first-order chi connectivity index (χ1) is 11.8. The van der Waals surface area contributed by atoms with Gasteiger partial charge in [-0.05, 0) is 56.3 Å². The van der Waals surface area contributed by atoms with Crippen LogP contribution in [-0.4, -0.2) is 33.0 Å². The molecule has 122 valence electrons. The van der Waals surface area contributed by atoms with Gasteiger partial charge in [0.1, 0.15) is 11.5 Å². The molecule has 0 bridgehead atoms. The molecule has 2 aromatic heterocycles. The number of nitrogens with one attached hydrogen (secondary N) is 2. The Balaban J connectivity index is 1.79. The van der Waals surface area contributed by atoms with Crippen molar-refractivity contribution in [3.05, 3.63) is 53.4 Å². The summed E-state index contributed by atoms with van der Waals surface area (Å²) in [5, 5.41) is 4.13. The molecule has 1 aliphatic heterocycles. The average molecular weight is 340 g/mol. The highest BCUT2D eigenvalue weighted by Gasteiger charge is 2.24. The molecular formula is C18H18ClN5. The second-order valence-electron chi connectivity index (χ2n) is 5.95. The summed E-state index contributed by atoms with van der Waals surface area (Å²) in [6.45, 7) is 2.05. The Hall–Kier alpha value is -2.24. The normalized spacial score (nSPS) is 15.5. The molecule has 1 aliphatic rings. The van der Waals surface area contributed by atoms with Gasteiger partial charge < -0.3 is 10.3 Å². The number of imidazole rings is 1. The molecule has 0 radical (unpaired) electrons. The number of aromatic amines is 1. The van der Waals surface area contributed by atoms with Gasteiger partial charge in [0, 0.05) is 34.6 Å². The van der Waals surface area contributed by atoms with Crippen molar-refractivity contribution in [2.24, 2.45) is 0 Å². The van der Waals surface area contributed by atoms with Crippen LogP contribution in [-0.2, 0) is 0 Å². The monoisotopic (exact) mass is 339 g/mol. The van der Waals surface area contributed by atoms with Crippen molar-refractivity contribution < 1.29 is 0 Å². The van der Waals surface area contributed by atoms with E-state index in [4.69, 9.17) is 16.6 Å². The smallest absolute Gasteiger partial charge is 0.180 e. The molecule has 0 saturated carbocycles. The minimum atomic E-state index is 0.443. The Labute approximate surface area is 145 Å². The van der Waals surface area contributed by atoms with Crippen LogP contribution in [0.3, 0.4) is 0 Å². The molecule has 6 heteroatoms. The van der Waals surface area contributed by atoms with Crippen LogP contribution in [0.15, 0.2) is 42.7 Å². The summed E-state index contributed by atoms with van der Waals surface area (Å²) in [5.74, 6) is 1.95. The number of hydrogen-bond acceptors (Lipinski definition) is 4. The van der Waals surface area contributed by atoms with E-state index in [0.717, 1.165) is 53.7 Å². The van der Waals surface area contributed by atoms with E-state index in [2.05, 4.69) is 20.3 Å². The van der Waals surface area contributed by atoms with Crippen LogP contribution in [0.1, 0.15) is 24.5 Å². The van der Waals surface area contributed by atoms with Gasteiger partial charge >= 0.3 is 0 Å². The number of piperidine rings is 1. The third-order valence-corrected chi connectivity index (χ3v) is 4.63. The van der Waals surface area contributed by atoms with Gasteiger partial charge in [-0.1, -0.05) is 11.6 Å². The first kappa shape index (κ1) is 15.3. The summed E-state index contributed by atoms with van der Waals surface area (Å²) in [6.07, 6.45) is 5.68. The lowest BCUT2D eigenvalue weighted by atomic mass is 9.93. The van der Waals surface area contributed by atoms with Crippen LogP contribution < -0.4 is 5.32 Å². The highest BCUT2D eigenvalue weighted by atomic mass is 35.5. The van der Waals surface area contributed by atoms with Gasteiger partial charge in [0.25, 0.3) is 0 Å². The van der Waals surface area contributed by atoms with Gasteiger partial charge in [0.05, 0.1) is 0 Å². The molecule has 1 saturated heterocycles. The summed E-state index contributed by atoms with van der Waals surface area (Å²) < 4.78 is 0. The molecule has 24 heavy (non-hydrogen) atoms. The van der Waals surface area contributed by atoms with E-state index in [0.29, 0.717) is 11.7 Å². The van der Waals surface area contributed by atoms with Crippen molar-refractivity contribution in [1.29, 1.82) is 0 Å². The Morgan fingerprint density at radius 1 is 1.00 bits per heavy atom. The Kier molecular flexibility index (Phi) is 4.28. The lowest BCUT2D eigenvalue weighted by Gasteiger charge is -2.22. The third kappa shape index (κ3) is 3.05. The fraction of sp³-hybridized carbons (Fsp3) is 0.278. The molecule has 3 aromatic rings. The first-order valence-electron chi connectivity index (χ1n) is 8.15. The van der Waals surface area contributed by atoms with E-state index in [1.54, 1.807) is 12.4 Å². The molecule has 1 aromatic carbocycles. The number of rotatable bonds is 3. The second kappa shape index (κ2) is 6.71. The van der Waals surface area contributed by atoms with Crippen LogP contribution in [0.2, 0.25) is 5.02 Å². The van der Waals surface area contributed by atoms with Crippen molar-refractivity contribution in [1.82, 2.24) is 25.3 Å². The highest BCUT2D eigenvalue weighted by Crippen LogP contribution is 2.33. The average Bonchev–Trinajstić information content (AvgIpc) is 3.09. The largest absolute Gasteiger partial charge is 0.341 e. The van der Waals surface area contributed by atoms with Crippen LogP contribution in [0, 0.1) is 0 Å². The molecule has 0 unspecified atom stereocenters. The molecular weight excluding hydrogens is 322 g/mol. The maximum absolute atomic E-state index is 6.00. The van der Waals surface area contributed by atoms with E-state index in [1.165, 1.54) is 0 Å².